The molecule has 0 atom stereocenters. The van der Waals surface area contributed by atoms with Crippen LogP contribution in [0.25, 0.3) is 77.5 Å². The molecular formula is C57H59IrN3O2-2. The van der Waals surface area contributed by atoms with Crippen LogP contribution in [0.1, 0.15) is 138 Å². The van der Waals surface area contributed by atoms with E-state index >= 15 is 0 Å². The molecule has 0 aliphatic carbocycles. The van der Waals surface area contributed by atoms with Crippen LogP contribution in [0.15, 0.2) is 112 Å². The van der Waals surface area contributed by atoms with Crippen molar-refractivity contribution in [3.63, 3.8) is 0 Å². The molecule has 0 N–H and O–H groups in total. The smallest absolute Gasteiger partial charge is 0.177 e. The molecule has 0 bridgehead atoms. The van der Waals surface area contributed by atoms with Crippen LogP contribution in [0.4, 0.5) is 0 Å². The van der Waals surface area contributed by atoms with Crippen LogP contribution in [-0.4, -0.2) is 15.0 Å². The Kier molecular flexibility index (Phi) is 11.6. The quantitative estimate of drug-likeness (QED) is 0.155. The third-order valence-corrected chi connectivity index (χ3v) is 11.9. The van der Waals surface area contributed by atoms with Gasteiger partial charge in [-0.3, -0.25) is 4.98 Å². The summed E-state index contributed by atoms with van der Waals surface area (Å²) < 4.78 is 38.8. The molecule has 0 spiro atoms. The van der Waals surface area contributed by atoms with Gasteiger partial charge in [0, 0.05) is 63.2 Å². The molecule has 0 fully saturated rings. The predicted molar refractivity (Wildman–Crippen MR) is 259 cm³/mol. The number of fused-ring (bicyclic) bond motifs is 7. The Bertz CT molecular complexity index is 3160. The van der Waals surface area contributed by atoms with Crippen molar-refractivity contribution in [3.8, 4) is 33.6 Å². The SMILES string of the molecule is CC(C)(C)c1ccc(-c2[c-]cccc2)nc1.[2H]C([2H])([2H])c1c[c-]c(-c2cc(C(C)(C)C)ncn2)c2oc3c(ccc4c5cccc(-c6c(C(C)C)cc(C(C)C)cc6C(C)C)c5oc43)c12.[Ir]. The maximum Gasteiger partial charge on any atom is 0.177 e. The number of para-hydroxylation sites is 1. The van der Waals surface area contributed by atoms with Gasteiger partial charge >= 0.3 is 0 Å². The summed E-state index contributed by atoms with van der Waals surface area (Å²) >= 11 is 0. The van der Waals surface area contributed by atoms with E-state index in [2.05, 4.69) is 153 Å². The maximum atomic E-state index is 8.41. The van der Waals surface area contributed by atoms with Crippen molar-refractivity contribution in [1.82, 2.24) is 15.0 Å². The summed E-state index contributed by atoms with van der Waals surface area (Å²) in [5.74, 6) is 1.03. The molecule has 0 aliphatic rings. The van der Waals surface area contributed by atoms with E-state index < -0.39 is 6.85 Å². The van der Waals surface area contributed by atoms with Crippen molar-refractivity contribution in [1.29, 1.82) is 0 Å². The van der Waals surface area contributed by atoms with Gasteiger partial charge in [-0.05, 0) is 68.4 Å². The van der Waals surface area contributed by atoms with Gasteiger partial charge in [-0.2, -0.15) is 0 Å². The molecule has 5 nitrogen and oxygen atoms in total. The zero-order valence-electron chi connectivity index (χ0n) is 41.5. The van der Waals surface area contributed by atoms with Gasteiger partial charge in [0.1, 0.15) is 11.9 Å². The van der Waals surface area contributed by atoms with Crippen LogP contribution in [0.5, 0.6) is 0 Å². The Labute approximate surface area is 391 Å². The second kappa shape index (κ2) is 17.6. The van der Waals surface area contributed by atoms with Crippen molar-refractivity contribution in [3.05, 3.63) is 149 Å². The molecular weight excluding hydrogens is 951 g/mol. The number of pyridine rings is 1. The number of furan rings is 2. The van der Waals surface area contributed by atoms with Crippen molar-refractivity contribution in [2.45, 2.75) is 119 Å². The number of nitrogens with zero attached hydrogens (tertiary/aromatic N) is 3. The molecule has 1 radical (unpaired) electrons. The average Bonchev–Trinajstić information content (AvgIpc) is 3.85. The first kappa shape index (κ1) is 41.6. The molecule has 0 saturated heterocycles. The molecule has 0 saturated carbocycles. The van der Waals surface area contributed by atoms with Gasteiger partial charge in [-0.1, -0.05) is 155 Å². The minimum absolute atomic E-state index is 0. The van der Waals surface area contributed by atoms with Crippen molar-refractivity contribution in [2.75, 3.05) is 0 Å². The zero-order chi connectivity index (χ0) is 46.7. The number of benzene rings is 5. The fourth-order valence-electron chi connectivity index (χ4n) is 8.24. The molecule has 9 aromatic rings. The largest absolute Gasteiger partial charge is 0.497 e. The summed E-state index contributed by atoms with van der Waals surface area (Å²) in [6.07, 6.45) is 3.50. The maximum absolute atomic E-state index is 8.41. The normalized spacial score (nSPS) is 13.1. The van der Waals surface area contributed by atoms with E-state index in [1.807, 2.05) is 48.7 Å². The van der Waals surface area contributed by atoms with E-state index in [9.17, 15) is 0 Å². The first-order valence-corrected chi connectivity index (χ1v) is 21.8. The summed E-state index contributed by atoms with van der Waals surface area (Å²) in [6, 6.07) is 37.1. The van der Waals surface area contributed by atoms with Crippen LogP contribution in [-0.2, 0) is 30.9 Å². The summed E-state index contributed by atoms with van der Waals surface area (Å²) in [7, 11) is 0. The van der Waals surface area contributed by atoms with Gasteiger partial charge in [0.05, 0.1) is 5.58 Å². The van der Waals surface area contributed by atoms with Gasteiger partial charge in [0.25, 0.3) is 0 Å². The third kappa shape index (κ3) is 8.78. The summed E-state index contributed by atoms with van der Waals surface area (Å²) in [5.41, 5.74) is 14.0. The molecule has 0 aliphatic heterocycles. The average molecular weight is 1010 g/mol. The Morgan fingerprint density at radius 1 is 0.619 bits per heavy atom. The molecule has 4 heterocycles. The molecule has 63 heavy (non-hydrogen) atoms. The van der Waals surface area contributed by atoms with Gasteiger partial charge < -0.3 is 13.8 Å². The Morgan fingerprint density at radius 2 is 1.30 bits per heavy atom. The van der Waals surface area contributed by atoms with E-state index in [4.69, 9.17) is 12.9 Å². The van der Waals surface area contributed by atoms with Crippen molar-refractivity contribution >= 4 is 43.9 Å². The van der Waals surface area contributed by atoms with Crippen LogP contribution < -0.4 is 0 Å². The predicted octanol–water partition coefficient (Wildman–Crippen LogP) is 16.2. The zero-order valence-corrected chi connectivity index (χ0v) is 40.9. The summed E-state index contributed by atoms with van der Waals surface area (Å²) in [4.78, 5) is 13.6. The molecule has 0 amide bonds. The molecule has 9 rings (SSSR count). The Hall–Kier alpha value is -5.42. The Morgan fingerprint density at radius 3 is 1.90 bits per heavy atom. The van der Waals surface area contributed by atoms with E-state index in [-0.39, 0.29) is 36.5 Å². The minimum Gasteiger partial charge on any atom is -0.497 e. The molecule has 325 valence electrons. The van der Waals surface area contributed by atoms with Crippen LogP contribution in [0.3, 0.4) is 0 Å². The Balaban J connectivity index is 0.000000322. The second-order valence-electron chi connectivity index (χ2n) is 19.5. The number of aryl methyl sites for hydroxylation is 1. The fourth-order valence-corrected chi connectivity index (χ4v) is 8.24. The molecule has 4 aromatic heterocycles. The van der Waals surface area contributed by atoms with Gasteiger partial charge in [0.2, 0.25) is 0 Å². The summed E-state index contributed by atoms with van der Waals surface area (Å²) in [6.45, 7) is 24.0. The van der Waals surface area contributed by atoms with Gasteiger partial charge in [-0.25, -0.2) is 4.98 Å². The van der Waals surface area contributed by atoms with Crippen molar-refractivity contribution in [2.24, 2.45) is 0 Å². The first-order chi connectivity index (χ1) is 30.6. The minimum atomic E-state index is -2.38. The number of aromatic nitrogens is 3. The first-order valence-electron chi connectivity index (χ1n) is 23.3. The number of rotatable bonds is 6. The molecule has 6 heteroatoms. The molecule has 0 unspecified atom stereocenters. The van der Waals surface area contributed by atoms with Crippen LogP contribution >= 0.6 is 0 Å². The number of hydrogen-bond acceptors (Lipinski definition) is 5. The standard InChI is InChI=1S/C42H43N2O2.C15H16N.Ir/c1-22(2)26-18-32(23(3)4)37(33(19-26)24(5)6)30-13-11-12-27-28-16-17-31-36-25(7)14-15-29(34-20-35(42(8,9)10)44-21-43-34)39(36)46-41(31)40(28)45-38(27)30;1-15(2,3)13-9-10-14(16-11-13)12-7-5-4-6-8-12;/h11-14,16-24H,1-10H3;4-7,9-11H,1-3H3;/q2*-1;/i7D3;;. The monoisotopic (exact) mass is 1010 g/mol. The third-order valence-electron chi connectivity index (χ3n) is 11.9. The summed E-state index contributed by atoms with van der Waals surface area (Å²) in [5, 5.41) is 3.11. The second-order valence-corrected chi connectivity index (χ2v) is 19.5. The van der Waals surface area contributed by atoms with Gasteiger partial charge in [-0.15, -0.1) is 53.6 Å². The van der Waals surface area contributed by atoms with E-state index in [0.29, 0.717) is 56.5 Å². The molecule has 5 aromatic carbocycles. The van der Waals surface area contributed by atoms with Crippen molar-refractivity contribution < 1.29 is 33.1 Å². The fraction of sp³-hybridized carbons (Fsp3) is 0.316. The van der Waals surface area contributed by atoms with E-state index in [1.54, 1.807) is 12.4 Å². The topological polar surface area (TPSA) is 65.0 Å². The van der Waals surface area contributed by atoms with Crippen LogP contribution in [0, 0.1) is 19.0 Å². The van der Waals surface area contributed by atoms with Gasteiger partial charge in [0.15, 0.2) is 11.2 Å². The van der Waals surface area contributed by atoms with E-state index in [1.165, 1.54) is 27.8 Å². The number of hydrogen-bond donors (Lipinski definition) is 0. The van der Waals surface area contributed by atoms with Crippen LogP contribution in [0.2, 0.25) is 0 Å². The van der Waals surface area contributed by atoms with E-state index in [0.717, 1.165) is 38.9 Å².